The summed E-state index contributed by atoms with van der Waals surface area (Å²) in [4.78, 5) is 2.23. The minimum absolute atomic E-state index is 0.391. The second-order valence-corrected chi connectivity index (χ2v) is 6.49. The first kappa shape index (κ1) is 14.3. The summed E-state index contributed by atoms with van der Waals surface area (Å²) in [6, 6.07) is 0.680. The molecule has 5 nitrogen and oxygen atoms in total. The molecule has 0 bridgehead atoms. The van der Waals surface area contributed by atoms with Gasteiger partial charge < -0.3 is 14.6 Å². The van der Waals surface area contributed by atoms with Crippen molar-refractivity contribution in [2.24, 2.45) is 11.3 Å². The number of hydrogen-bond acceptors (Lipinski definition) is 5. The zero-order valence-electron chi connectivity index (χ0n) is 12.6. The van der Waals surface area contributed by atoms with Crippen LogP contribution in [0.15, 0.2) is 4.42 Å². The maximum absolute atomic E-state index is 5.68. The first-order chi connectivity index (χ1) is 9.00. The summed E-state index contributed by atoms with van der Waals surface area (Å²) in [6.45, 7) is 9.68. The first-order valence-electron chi connectivity index (χ1n) is 7.22. The standard InChI is InChI=1S/C14H26N4O/c1-14(2,3)11-6-5-8-18(9-7-11)13-17-16-12(19-13)10-15-4/h11,15H,5-10H2,1-4H3. The topological polar surface area (TPSA) is 54.2 Å². The molecule has 1 atom stereocenters. The molecule has 0 radical (unpaired) electrons. The predicted molar refractivity (Wildman–Crippen MR) is 76.1 cm³/mol. The normalized spacial score (nSPS) is 21.5. The van der Waals surface area contributed by atoms with Gasteiger partial charge in [-0.15, -0.1) is 5.10 Å². The van der Waals surface area contributed by atoms with Gasteiger partial charge in [0.25, 0.3) is 0 Å². The van der Waals surface area contributed by atoms with Crippen molar-refractivity contribution in [3.8, 4) is 0 Å². The Bertz CT molecular complexity index is 396. The van der Waals surface area contributed by atoms with Crippen molar-refractivity contribution in [2.45, 2.75) is 46.6 Å². The van der Waals surface area contributed by atoms with Crippen LogP contribution >= 0.6 is 0 Å². The average Bonchev–Trinajstić information content (AvgIpc) is 2.64. The molecule has 0 spiro atoms. The Morgan fingerprint density at radius 1 is 1.26 bits per heavy atom. The Balaban J connectivity index is 1.98. The molecule has 0 saturated carbocycles. The highest BCUT2D eigenvalue weighted by atomic mass is 16.4. The molecule has 0 aliphatic carbocycles. The summed E-state index contributed by atoms with van der Waals surface area (Å²) < 4.78 is 5.68. The van der Waals surface area contributed by atoms with E-state index < -0.39 is 0 Å². The Morgan fingerprint density at radius 2 is 2.05 bits per heavy atom. The van der Waals surface area contributed by atoms with Gasteiger partial charge in [-0.2, -0.15) is 0 Å². The fourth-order valence-electron chi connectivity index (χ4n) is 2.75. The summed E-state index contributed by atoms with van der Waals surface area (Å²) in [5, 5.41) is 11.2. The summed E-state index contributed by atoms with van der Waals surface area (Å²) in [5.41, 5.74) is 0.391. The van der Waals surface area contributed by atoms with Crippen LogP contribution in [0.3, 0.4) is 0 Å². The molecule has 2 rings (SSSR count). The number of anilines is 1. The SMILES string of the molecule is CNCc1nnc(N2CCCC(C(C)(C)C)CC2)o1. The molecule has 1 aromatic rings. The molecule has 0 amide bonds. The van der Waals surface area contributed by atoms with Crippen molar-refractivity contribution in [3.05, 3.63) is 5.89 Å². The van der Waals surface area contributed by atoms with Gasteiger partial charge in [-0.25, -0.2) is 0 Å². The molecule has 1 aliphatic heterocycles. The molecule has 1 saturated heterocycles. The molecule has 1 unspecified atom stereocenters. The molecule has 2 heterocycles. The largest absolute Gasteiger partial charge is 0.407 e. The third kappa shape index (κ3) is 3.69. The fourth-order valence-corrected chi connectivity index (χ4v) is 2.75. The van der Waals surface area contributed by atoms with E-state index in [2.05, 4.69) is 41.2 Å². The molecule has 0 aromatic carbocycles. The molecule has 1 fully saturated rings. The summed E-state index contributed by atoms with van der Waals surface area (Å²) in [7, 11) is 1.88. The second kappa shape index (κ2) is 5.90. The molecule has 1 aromatic heterocycles. The van der Waals surface area contributed by atoms with E-state index in [1.807, 2.05) is 7.05 Å². The zero-order valence-corrected chi connectivity index (χ0v) is 12.6. The summed E-state index contributed by atoms with van der Waals surface area (Å²) in [6.07, 6.45) is 3.69. The van der Waals surface area contributed by atoms with E-state index in [-0.39, 0.29) is 0 Å². The second-order valence-electron chi connectivity index (χ2n) is 6.49. The van der Waals surface area contributed by atoms with Gasteiger partial charge in [0.2, 0.25) is 5.89 Å². The van der Waals surface area contributed by atoms with Crippen molar-refractivity contribution in [2.75, 3.05) is 25.0 Å². The third-order valence-corrected chi connectivity index (χ3v) is 4.01. The van der Waals surface area contributed by atoms with Crippen molar-refractivity contribution in [1.82, 2.24) is 15.5 Å². The van der Waals surface area contributed by atoms with Crippen LogP contribution < -0.4 is 10.2 Å². The lowest BCUT2D eigenvalue weighted by Gasteiger charge is -2.29. The van der Waals surface area contributed by atoms with E-state index in [1.54, 1.807) is 0 Å². The van der Waals surface area contributed by atoms with E-state index in [1.165, 1.54) is 19.3 Å². The lowest BCUT2D eigenvalue weighted by Crippen LogP contribution is -2.26. The van der Waals surface area contributed by atoms with Crippen molar-refractivity contribution in [3.63, 3.8) is 0 Å². The van der Waals surface area contributed by atoms with Crippen LogP contribution in [0.25, 0.3) is 0 Å². The summed E-state index contributed by atoms with van der Waals surface area (Å²) >= 11 is 0. The van der Waals surface area contributed by atoms with E-state index in [0.29, 0.717) is 23.9 Å². The van der Waals surface area contributed by atoms with Crippen LogP contribution in [-0.2, 0) is 6.54 Å². The Kier molecular flexibility index (Phi) is 4.45. The highest BCUT2D eigenvalue weighted by molar-refractivity contribution is 5.24. The Morgan fingerprint density at radius 3 is 2.74 bits per heavy atom. The van der Waals surface area contributed by atoms with Crippen LogP contribution in [0.2, 0.25) is 0 Å². The van der Waals surface area contributed by atoms with E-state index in [0.717, 1.165) is 19.0 Å². The van der Waals surface area contributed by atoms with Gasteiger partial charge in [0, 0.05) is 13.1 Å². The number of hydrogen-bond donors (Lipinski definition) is 1. The van der Waals surface area contributed by atoms with Gasteiger partial charge in [-0.3, -0.25) is 0 Å². The Labute approximate surface area is 115 Å². The van der Waals surface area contributed by atoms with Crippen molar-refractivity contribution in [1.29, 1.82) is 0 Å². The van der Waals surface area contributed by atoms with Crippen LogP contribution in [0, 0.1) is 11.3 Å². The first-order valence-corrected chi connectivity index (χ1v) is 7.22. The van der Waals surface area contributed by atoms with E-state index in [9.17, 15) is 0 Å². The van der Waals surface area contributed by atoms with Gasteiger partial charge in [0.15, 0.2) is 0 Å². The maximum Gasteiger partial charge on any atom is 0.318 e. The Hall–Kier alpha value is -1.10. The van der Waals surface area contributed by atoms with E-state index >= 15 is 0 Å². The molecule has 19 heavy (non-hydrogen) atoms. The number of aromatic nitrogens is 2. The minimum Gasteiger partial charge on any atom is -0.407 e. The smallest absolute Gasteiger partial charge is 0.318 e. The molecular weight excluding hydrogens is 240 g/mol. The van der Waals surface area contributed by atoms with Gasteiger partial charge in [-0.05, 0) is 37.6 Å². The zero-order chi connectivity index (χ0) is 13.9. The molecule has 1 aliphatic rings. The van der Waals surface area contributed by atoms with Crippen molar-refractivity contribution < 1.29 is 4.42 Å². The fraction of sp³-hybridized carbons (Fsp3) is 0.857. The van der Waals surface area contributed by atoms with Gasteiger partial charge in [0.1, 0.15) is 0 Å². The van der Waals surface area contributed by atoms with E-state index in [4.69, 9.17) is 4.42 Å². The molecular formula is C14H26N4O. The van der Waals surface area contributed by atoms with Gasteiger partial charge >= 0.3 is 6.01 Å². The quantitative estimate of drug-likeness (QED) is 0.910. The molecule has 5 heteroatoms. The lowest BCUT2D eigenvalue weighted by atomic mass is 9.77. The molecule has 1 N–H and O–H groups in total. The summed E-state index contributed by atoms with van der Waals surface area (Å²) in [5.74, 6) is 1.44. The molecule has 108 valence electrons. The highest BCUT2D eigenvalue weighted by Crippen LogP contribution is 2.34. The monoisotopic (exact) mass is 266 g/mol. The van der Waals surface area contributed by atoms with Crippen molar-refractivity contribution >= 4 is 6.01 Å². The number of nitrogens with zero attached hydrogens (tertiary/aromatic N) is 3. The van der Waals surface area contributed by atoms with Crippen LogP contribution in [0.5, 0.6) is 0 Å². The van der Waals surface area contributed by atoms with Crippen LogP contribution in [-0.4, -0.2) is 30.3 Å². The lowest BCUT2D eigenvalue weighted by molar-refractivity contribution is 0.220. The van der Waals surface area contributed by atoms with Crippen LogP contribution in [0.4, 0.5) is 6.01 Å². The predicted octanol–water partition coefficient (Wildman–Crippen LogP) is 2.44. The van der Waals surface area contributed by atoms with Gasteiger partial charge in [0.05, 0.1) is 6.54 Å². The third-order valence-electron chi connectivity index (χ3n) is 4.01. The average molecular weight is 266 g/mol. The number of nitrogens with one attached hydrogen (secondary N) is 1. The maximum atomic E-state index is 5.68. The number of rotatable bonds is 3. The van der Waals surface area contributed by atoms with Crippen LogP contribution in [0.1, 0.15) is 45.9 Å². The van der Waals surface area contributed by atoms with Gasteiger partial charge in [-0.1, -0.05) is 25.9 Å². The minimum atomic E-state index is 0.391. The highest BCUT2D eigenvalue weighted by Gasteiger charge is 2.28.